The van der Waals surface area contributed by atoms with Gasteiger partial charge in [0.1, 0.15) is 34.5 Å². The van der Waals surface area contributed by atoms with Crippen molar-refractivity contribution in [1.82, 2.24) is 24.3 Å². The first-order chi connectivity index (χ1) is 29.7. The maximum atomic E-state index is 14.6. The van der Waals surface area contributed by atoms with E-state index in [4.69, 9.17) is 19.4 Å². The number of aromatic nitrogens is 4. The molecule has 3 aromatic heterocycles. The number of benzene rings is 3. The Balaban J connectivity index is 1.01. The minimum atomic E-state index is -1.96. The van der Waals surface area contributed by atoms with Gasteiger partial charge in [-0.3, -0.25) is 13.4 Å². The lowest BCUT2D eigenvalue weighted by atomic mass is 9.91. The molecule has 2 aliphatic rings. The van der Waals surface area contributed by atoms with Crippen LogP contribution in [0, 0.1) is 17.6 Å². The van der Waals surface area contributed by atoms with E-state index in [-0.39, 0.29) is 23.7 Å². The molecule has 0 bridgehead atoms. The predicted molar refractivity (Wildman–Crippen MR) is 231 cm³/mol. The number of carbonyl (C=O) groups is 1. The van der Waals surface area contributed by atoms with Gasteiger partial charge in [0.25, 0.3) is 5.91 Å². The molecule has 2 N–H and O–H groups in total. The summed E-state index contributed by atoms with van der Waals surface area (Å²) >= 11 is -1.96. The SMILES string of the molecule is CCOc1ccc(-c2nc3ccccn3c2-c2ccnc(Nc3ccc(N4CCC(N5CCC(CCS(=O)[O-])CC5)CC4)cc3OC)n2)cc1C(=O)Nc1c(F)cccc1F. The monoisotopic (exact) mass is 849 g/mol. The molecule has 318 valence electrons. The van der Waals surface area contributed by atoms with Crippen molar-refractivity contribution in [3.05, 3.63) is 108 Å². The number of nitrogens with one attached hydrogen (secondary N) is 2. The van der Waals surface area contributed by atoms with Gasteiger partial charge in [-0.1, -0.05) is 23.2 Å². The fourth-order valence-corrected chi connectivity index (χ4v) is 8.91. The fraction of sp³-hybridized carbons (Fsp3) is 0.333. The van der Waals surface area contributed by atoms with E-state index < -0.39 is 34.3 Å². The molecule has 0 radical (unpaired) electrons. The van der Waals surface area contributed by atoms with Gasteiger partial charge < -0.3 is 34.5 Å². The number of imidazole rings is 1. The molecule has 0 spiro atoms. The summed E-state index contributed by atoms with van der Waals surface area (Å²) in [4.78, 5) is 33.0. The van der Waals surface area contributed by atoms with Crippen molar-refractivity contribution in [2.75, 3.05) is 61.2 Å². The van der Waals surface area contributed by atoms with Crippen LogP contribution in [0.3, 0.4) is 0 Å². The van der Waals surface area contributed by atoms with Crippen LogP contribution in [0.25, 0.3) is 28.3 Å². The molecule has 3 aromatic carbocycles. The first kappa shape index (κ1) is 41.8. The van der Waals surface area contributed by atoms with E-state index >= 15 is 0 Å². The van der Waals surface area contributed by atoms with Gasteiger partial charge in [0, 0.05) is 54.6 Å². The van der Waals surface area contributed by atoms with Crippen molar-refractivity contribution >= 4 is 45.6 Å². The maximum Gasteiger partial charge on any atom is 0.259 e. The first-order valence-electron chi connectivity index (χ1n) is 20.5. The topological polar surface area (TPSA) is 149 Å². The summed E-state index contributed by atoms with van der Waals surface area (Å²) in [6.45, 7) is 5.94. The van der Waals surface area contributed by atoms with Gasteiger partial charge in [0.2, 0.25) is 5.95 Å². The highest BCUT2D eigenvalue weighted by Crippen LogP contribution is 2.37. The Morgan fingerprint density at radius 3 is 2.44 bits per heavy atom. The van der Waals surface area contributed by atoms with Crippen molar-refractivity contribution in [3.63, 3.8) is 0 Å². The number of rotatable bonds is 14. The van der Waals surface area contributed by atoms with Crippen LogP contribution in [0.4, 0.5) is 31.8 Å². The second-order valence-electron chi connectivity index (χ2n) is 15.2. The lowest BCUT2D eigenvalue weighted by Crippen LogP contribution is -2.47. The normalized spacial score (nSPS) is 15.8. The van der Waals surface area contributed by atoms with Crippen molar-refractivity contribution < 1.29 is 31.8 Å². The number of hydrogen-bond acceptors (Lipinski definition) is 11. The van der Waals surface area contributed by atoms with Gasteiger partial charge in [-0.15, -0.1) is 0 Å². The average Bonchev–Trinajstić information content (AvgIpc) is 3.67. The summed E-state index contributed by atoms with van der Waals surface area (Å²) in [5.41, 5.74) is 4.13. The minimum absolute atomic E-state index is 0.0699. The number of halogens is 2. The maximum absolute atomic E-state index is 14.6. The van der Waals surface area contributed by atoms with Gasteiger partial charge in [-0.25, -0.2) is 23.7 Å². The fourth-order valence-electron chi connectivity index (χ4n) is 8.39. The minimum Gasteiger partial charge on any atom is -0.772 e. The molecule has 0 aliphatic carbocycles. The van der Waals surface area contributed by atoms with Crippen LogP contribution in [0.2, 0.25) is 0 Å². The number of pyridine rings is 1. The number of para-hydroxylation sites is 1. The van der Waals surface area contributed by atoms with Crippen LogP contribution in [-0.2, 0) is 11.1 Å². The first-order valence-corrected chi connectivity index (χ1v) is 21.8. The highest BCUT2D eigenvalue weighted by molar-refractivity contribution is 7.79. The molecule has 1 unspecified atom stereocenters. The Labute approximate surface area is 355 Å². The van der Waals surface area contributed by atoms with Crippen molar-refractivity contribution in [2.45, 2.75) is 45.1 Å². The Morgan fingerprint density at radius 2 is 1.70 bits per heavy atom. The molecule has 61 heavy (non-hydrogen) atoms. The quantitative estimate of drug-likeness (QED) is 0.103. The molecule has 13 nitrogen and oxygen atoms in total. The number of ether oxygens (including phenoxy) is 2. The van der Waals surface area contributed by atoms with Gasteiger partial charge in [0.15, 0.2) is 0 Å². The molecule has 8 rings (SSSR count). The lowest BCUT2D eigenvalue weighted by Gasteiger charge is -2.42. The van der Waals surface area contributed by atoms with E-state index in [1.54, 1.807) is 44.5 Å². The summed E-state index contributed by atoms with van der Waals surface area (Å²) in [6.07, 6.45) is 8.52. The van der Waals surface area contributed by atoms with Crippen LogP contribution >= 0.6 is 0 Å². The van der Waals surface area contributed by atoms with E-state index in [2.05, 4.69) is 31.5 Å². The molecule has 6 aromatic rings. The molecular weight excluding hydrogens is 803 g/mol. The number of anilines is 4. The number of nitrogens with zero attached hydrogens (tertiary/aromatic N) is 6. The van der Waals surface area contributed by atoms with Crippen LogP contribution in [0.15, 0.2) is 91.3 Å². The van der Waals surface area contributed by atoms with E-state index in [0.29, 0.717) is 57.6 Å². The Morgan fingerprint density at radius 1 is 0.918 bits per heavy atom. The average molecular weight is 850 g/mol. The molecule has 5 heterocycles. The predicted octanol–water partition coefficient (Wildman–Crippen LogP) is 8.09. The summed E-state index contributed by atoms with van der Waals surface area (Å²) in [5, 5.41) is 5.72. The summed E-state index contributed by atoms with van der Waals surface area (Å²) < 4.78 is 64.7. The largest absolute Gasteiger partial charge is 0.772 e. The second-order valence-corrected chi connectivity index (χ2v) is 16.2. The zero-order valence-electron chi connectivity index (χ0n) is 34.0. The third-order valence-corrected chi connectivity index (χ3v) is 12.1. The van der Waals surface area contributed by atoms with E-state index in [9.17, 15) is 22.3 Å². The van der Waals surface area contributed by atoms with Gasteiger partial charge >= 0.3 is 0 Å². The van der Waals surface area contributed by atoms with Crippen LogP contribution in [0.1, 0.15) is 49.4 Å². The lowest BCUT2D eigenvalue weighted by molar-refractivity contribution is 0.102. The highest BCUT2D eigenvalue weighted by atomic mass is 32.2. The second kappa shape index (κ2) is 18.7. The van der Waals surface area contributed by atoms with Crippen LogP contribution in [-0.4, -0.2) is 90.6 Å². The molecule has 16 heteroatoms. The van der Waals surface area contributed by atoms with E-state index in [1.807, 2.05) is 40.9 Å². The van der Waals surface area contributed by atoms with Crippen molar-refractivity contribution in [2.24, 2.45) is 5.92 Å². The van der Waals surface area contributed by atoms with Gasteiger partial charge in [-0.05, 0) is 119 Å². The summed E-state index contributed by atoms with van der Waals surface area (Å²) in [5.74, 6) is -0.593. The number of carbonyl (C=O) groups excluding carboxylic acids is 1. The molecule has 1 amide bonds. The molecule has 2 saturated heterocycles. The van der Waals surface area contributed by atoms with Gasteiger partial charge in [-0.2, -0.15) is 0 Å². The Hall–Kier alpha value is -5.97. The molecule has 2 aliphatic heterocycles. The highest BCUT2D eigenvalue weighted by Gasteiger charge is 2.29. The van der Waals surface area contributed by atoms with E-state index in [0.717, 1.165) is 76.1 Å². The van der Waals surface area contributed by atoms with E-state index in [1.165, 1.54) is 6.07 Å². The third kappa shape index (κ3) is 9.36. The number of likely N-dealkylation sites (tertiary alicyclic amines) is 1. The Bertz CT molecular complexity index is 2520. The molecule has 0 saturated carbocycles. The number of amides is 1. The summed E-state index contributed by atoms with van der Waals surface area (Å²) in [7, 11) is 1.63. The number of methoxy groups -OCH3 is 1. The van der Waals surface area contributed by atoms with Crippen LogP contribution in [0.5, 0.6) is 11.5 Å². The smallest absolute Gasteiger partial charge is 0.259 e. The third-order valence-electron chi connectivity index (χ3n) is 11.5. The zero-order chi connectivity index (χ0) is 42.5. The van der Waals surface area contributed by atoms with Gasteiger partial charge in [0.05, 0.1) is 42.0 Å². The number of fused-ring (bicyclic) bond motifs is 1. The molecule has 1 atom stereocenters. The zero-order valence-corrected chi connectivity index (χ0v) is 34.8. The molecular formula is C45H47F2N8O5S-. The standard InChI is InChI=1S/C45H48F2N8O5S/c1-3-60-38-13-10-30(27-33(38)44(56)52-42-34(46)7-6-8-35(42)47)41-43(55-21-5-4-9-40(55)51-41)37-14-20-48-45(50-37)49-36-12-11-32(28-39(36)59-2)54-24-17-31(18-25-54)53-22-15-29(16-23-53)19-26-61(57)58/h4-14,20-21,27-29,31H,3,15-19,22-26H2,1-2H3,(H,52,56)(H,57,58)(H,48,49,50)/p-1. The molecule has 2 fully saturated rings. The van der Waals surface area contributed by atoms with Crippen LogP contribution < -0.4 is 25.0 Å². The number of hydrogen-bond donors (Lipinski definition) is 2. The number of piperidine rings is 2. The summed E-state index contributed by atoms with van der Waals surface area (Å²) in [6, 6.07) is 22.4. The van der Waals surface area contributed by atoms with Crippen molar-refractivity contribution in [3.8, 4) is 34.1 Å². The van der Waals surface area contributed by atoms with Crippen molar-refractivity contribution in [1.29, 1.82) is 0 Å². The Kier molecular flexibility index (Phi) is 12.8.